The first kappa shape index (κ1) is 31.0. The number of benzene rings is 2. The molecule has 1 unspecified atom stereocenters. The second kappa shape index (κ2) is 12.6. The number of carbonyl (C=O) groups is 1. The Hall–Kier alpha value is -3.49. The molecule has 43 heavy (non-hydrogen) atoms. The van der Waals surface area contributed by atoms with Crippen molar-refractivity contribution < 1.29 is 36.1 Å². The van der Waals surface area contributed by atoms with E-state index in [0.29, 0.717) is 39.9 Å². The monoisotopic (exact) mass is 638 g/mol. The summed E-state index contributed by atoms with van der Waals surface area (Å²) in [5, 5.41) is 21.3. The number of nitrogens with zero attached hydrogens (tertiary/aromatic N) is 3. The van der Waals surface area contributed by atoms with E-state index < -0.39 is 41.2 Å². The van der Waals surface area contributed by atoms with Gasteiger partial charge >= 0.3 is 12.1 Å². The molecule has 0 amide bonds. The summed E-state index contributed by atoms with van der Waals surface area (Å²) in [6.45, 7) is 0. The molecule has 2 aromatic heterocycles. The quantitative estimate of drug-likeness (QED) is 0.131. The van der Waals surface area contributed by atoms with Crippen LogP contribution in [0, 0.1) is 17.6 Å². The van der Waals surface area contributed by atoms with Crippen LogP contribution in [0.2, 0.25) is 0 Å². The molecule has 0 saturated heterocycles. The molecule has 7 nitrogen and oxygen atoms in total. The number of nitrogens with two attached hydrogens (primary N) is 1. The average Bonchev–Trinajstić information content (AvgIpc) is 3.49. The van der Waals surface area contributed by atoms with Gasteiger partial charge in [-0.3, -0.25) is 0 Å². The van der Waals surface area contributed by atoms with Gasteiger partial charge in [0.25, 0.3) is 0 Å². The van der Waals surface area contributed by atoms with E-state index >= 15 is 0 Å². The third-order valence-corrected chi connectivity index (χ3v) is 8.81. The van der Waals surface area contributed by atoms with Crippen LogP contribution in [0.3, 0.4) is 0 Å². The Kier molecular flexibility index (Phi) is 9.09. The number of halogens is 5. The van der Waals surface area contributed by atoms with Crippen molar-refractivity contribution in [3.8, 4) is 16.4 Å². The maximum Gasteiger partial charge on any atom is 0.389 e. The fraction of sp³-hybridized carbons (Fsp3) is 0.345. The van der Waals surface area contributed by atoms with Crippen LogP contribution in [0.1, 0.15) is 65.0 Å². The first-order valence-electron chi connectivity index (χ1n) is 13.5. The number of carboxylic acids is 1. The fourth-order valence-corrected chi connectivity index (χ4v) is 6.13. The molecule has 0 bridgehead atoms. The molecule has 0 spiro atoms. The molecular weight excluding hydrogens is 611 g/mol. The molecule has 1 aliphatic rings. The lowest BCUT2D eigenvalue weighted by Crippen LogP contribution is -2.07. The highest BCUT2D eigenvalue weighted by molar-refractivity contribution is 7.82. The van der Waals surface area contributed by atoms with Crippen LogP contribution in [0.5, 0.6) is 0 Å². The van der Waals surface area contributed by atoms with Crippen LogP contribution in [0.15, 0.2) is 46.7 Å². The van der Waals surface area contributed by atoms with E-state index in [1.165, 1.54) is 29.6 Å². The topological polar surface area (TPSA) is 111 Å². The van der Waals surface area contributed by atoms with Crippen LogP contribution in [0.4, 0.5) is 22.0 Å². The second-order valence-corrected chi connectivity index (χ2v) is 12.4. The number of hydrogen-bond donors (Lipinski definition) is 2. The van der Waals surface area contributed by atoms with Crippen LogP contribution in [-0.4, -0.2) is 36.2 Å². The standard InChI is InChI=1S/C29H27F5N4O3S2/c30-21-8-7-19(14-18(21)3-1-2-10-29(32,33)34)26-20(11-17-6-9-25(43(35)41)22(31)12-17)24(13-16-4-5-16)38(37-26)28-36-23(15-42-28)27(39)40/h6-9,12,14-16H,1-5,10-11,13,35H2,(H,39,40). The van der Waals surface area contributed by atoms with Gasteiger partial charge in [0, 0.05) is 29.3 Å². The normalized spacial score (nSPS) is 14.3. The van der Waals surface area contributed by atoms with Crippen LogP contribution < -0.4 is 5.14 Å². The van der Waals surface area contributed by atoms with E-state index in [1.807, 2.05) is 0 Å². The Morgan fingerprint density at radius 3 is 2.51 bits per heavy atom. The first-order chi connectivity index (χ1) is 20.4. The Bertz CT molecular complexity index is 1680. The molecule has 0 aliphatic heterocycles. The molecule has 14 heteroatoms. The van der Waals surface area contributed by atoms with Crippen molar-refractivity contribution in [2.24, 2.45) is 11.1 Å². The van der Waals surface area contributed by atoms with Gasteiger partial charge in [-0.15, -0.1) is 11.3 Å². The van der Waals surface area contributed by atoms with E-state index in [4.69, 9.17) is 10.2 Å². The summed E-state index contributed by atoms with van der Waals surface area (Å²) in [7, 11) is -2.01. The molecule has 2 heterocycles. The number of hydrogen-bond acceptors (Lipinski definition) is 5. The van der Waals surface area contributed by atoms with Gasteiger partial charge in [-0.25, -0.2) is 32.6 Å². The van der Waals surface area contributed by atoms with Crippen molar-refractivity contribution in [2.75, 3.05) is 0 Å². The summed E-state index contributed by atoms with van der Waals surface area (Å²) in [6.07, 6.45) is -2.39. The van der Waals surface area contributed by atoms with Crippen molar-refractivity contribution in [3.63, 3.8) is 0 Å². The highest BCUT2D eigenvalue weighted by atomic mass is 32.2. The number of aromatic nitrogens is 3. The van der Waals surface area contributed by atoms with E-state index in [0.717, 1.165) is 29.9 Å². The number of carboxylic acid groups (broad SMARTS) is 1. The summed E-state index contributed by atoms with van der Waals surface area (Å²) >= 11 is 1.09. The fourth-order valence-electron chi connectivity index (χ4n) is 4.90. The van der Waals surface area contributed by atoms with Crippen molar-refractivity contribution in [1.82, 2.24) is 14.8 Å². The summed E-state index contributed by atoms with van der Waals surface area (Å²) in [5.74, 6) is -2.11. The number of aryl methyl sites for hydroxylation is 1. The van der Waals surface area contributed by atoms with Gasteiger partial charge in [0.05, 0.1) is 16.3 Å². The molecule has 2 aromatic carbocycles. The molecule has 228 valence electrons. The highest BCUT2D eigenvalue weighted by Gasteiger charge is 2.30. The van der Waals surface area contributed by atoms with E-state index in [2.05, 4.69) is 4.98 Å². The third-order valence-electron chi connectivity index (χ3n) is 7.23. The number of alkyl halides is 3. The van der Waals surface area contributed by atoms with Gasteiger partial charge in [0.2, 0.25) is 5.13 Å². The molecule has 0 radical (unpaired) electrons. The van der Waals surface area contributed by atoms with E-state index in [-0.39, 0.29) is 41.8 Å². The summed E-state index contributed by atoms with van der Waals surface area (Å²) in [6, 6.07) is 8.53. The summed E-state index contributed by atoms with van der Waals surface area (Å²) in [4.78, 5) is 15.6. The van der Waals surface area contributed by atoms with Gasteiger partial charge in [-0.1, -0.05) is 6.07 Å². The second-order valence-electron chi connectivity index (χ2n) is 10.5. The molecule has 5 rings (SSSR count). The van der Waals surface area contributed by atoms with Crippen LogP contribution >= 0.6 is 11.3 Å². The number of thiazole rings is 1. The Balaban J connectivity index is 1.59. The van der Waals surface area contributed by atoms with E-state index in [9.17, 15) is 36.1 Å². The molecule has 1 atom stereocenters. The van der Waals surface area contributed by atoms with Gasteiger partial charge < -0.3 is 5.11 Å². The van der Waals surface area contributed by atoms with E-state index in [1.54, 1.807) is 16.8 Å². The first-order valence-corrected chi connectivity index (χ1v) is 15.6. The molecule has 3 N–H and O–H groups in total. The number of rotatable bonds is 12. The van der Waals surface area contributed by atoms with Crippen molar-refractivity contribution in [1.29, 1.82) is 0 Å². The molecule has 1 fully saturated rings. The summed E-state index contributed by atoms with van der Waals surface area (Å²) < 4.78 is 80.6. The Labute approximate surface area is 250 Å². The van der Waals surface area contributed by atoms with Crippen molar-refractivity contribution in [2.45, 2.75) is 62.4 Å². The van der Waals surface area contributed by atoms with Gasteiger partial charge in [0.1, 0.15) is 22.6 Å². The lowest BCUT2D eigenvalue weighted by atomic mass is 9.95. The number of aromatic carboxylic acids is 1. The third kappa shape index (κ3) is 7.54. The zero-order valence-corrected chi connectivity index (χ0v) is 24.3. The molecular formula is C29H27F5N4O3S2. The highest BCUT2D eigenvalue weighted by Crippen LogP contribution is 2.38. The predicted molar refractivity (Wildman–Crippen MR) is 151 cm³/mol. The zero-order chi connectivity index (χ0) is 30.9. The minimum absolute atomic E-state index is 0.0953. The molecule has 4 aromatic rings. The summed E-state index contributed by atoms with van der Waals surface area (Å²) in [5.41, 5.74) is 3.00. The SMILES string of the molecule is NS(=O)c1ccc(Cc2c(-c3ccc(F)c(CCCCC(F)(F)F)c3)nn(-c3nc(C(=O)O)cs3)c2CC2CC2)cc1F. The largest absolute Gasteiger partial charge is 0.476 e. The Morgan fingerprint density at radius 1 is 1.12 bits per heavy atom. The molecule has 1 aliphatic carbocycles. The maximum absolute atomic E-state index is 14.8. The minimum Gasteiger partial charge on any atom is -0.476 e. The van der Waals surface area contributed by atoms with Gasteiger partial charge in [-0.2, -0.15) is 18.3 Å². The Morgan fingerprint density at radius 2 is 1.88 bits per heavy atom. The van der Waals surface area contributed by atoms with Gasteiger partial charge in [0.15, 0.2) is 5.69 Å². The van der Waals surface area contributed by atoms with Crippen molar-refractivity contribution >= 4 is 28.3 Å². The molecule has 1 saturated carbocycles. The average molecular weight is 639 g/mol. The lowest BCUT2D eigenvalue weighted by molar-refractivity contribution is -0.135. The van der Waals surface area contributed by atoms with Crippen LogP contribution in [-0.2, 0) is 30.2 Å². The number of unbranched alkanes of at least 4 members (excludes halogenated alkanes) is 1. The van der Waals surface area contributed by atoms with Crippen molar-refractivity contribution in [3.05, 3.63) is 81.5 Å². The zero-order valence-electron chi connectivity index (χ0n) is 22.7. The lowest BCUT2D eigenvalue weighted by Gasteiger charge is -2.11. The van der Waals surface area contributed by atoms with Crippen LogP contribution in [0.25, 0.3) is 16.4 Å². The van der Waals surface area contributed by atoms with Gasteiger partial charge in [-0.05, 0) is 85.9 Å². The minimum atomic E-state index is -4.28. The predicted octanol–water partition coefficient (Wildman–Crippen LogP) is 6.77. The maximum atomic E-state index is 14.8. The smallest absolute Gasteiger partial charge is 0.389 e.